The summed E-state index contributed by atoms with van der Waals surface area (Å²) in [6.07, 6.45) is 5.25. The number of benzene rings is 1. The molecule has 1 aliphatic carbocycles. The molecule has 0 spiro atoms. The number of aromatic amines is 1. The molecular formula is C24H27N3O4S. The third-order valence-electron chi connectivity index (χ3n) is 5.99. The Balaban J connectivity index is 1.67. The van der Waals surface area contributed by atoms with Gasteiger partial charge in [0.25, 0.3) is 5.91 Å². The molecule has 0 unspecified atom stereocenters. The molecule has 2 amide bonds. The summed E-state index contributed by atoms with van der Waals surface area (Å²) in [5.74, 6) is -0.00796. The van der Waals surface area contributed by atoms with Crippen molar-refractivity contribution in [1.82, 2.24) is 4.98 Å². The Morgan fingerprint density at radius 3 is 2.66 bits per heavy atom. The van der Waals surface area contributed by atoms with Crippen LogP contribution in [0.5, 0.6) is 0 Å². The second-order valence-corrected chi connectivity index (χ2v) is 9.07. The minimum Gasteiger partial charge on any atom is -0.377 e. The highest BCUT2D eigenvalue weighted by Gasteiger charge is 2.26. The number of carbonyl (C=O) groups excluding carboxylic acids is 3. The van der Waals surface area contributed by atoms with Crippen LogP contribution in [0.3, 0.4) is 0 Å². The predicted octanol–water partition coefficient (Wildman–Crippen LogP) is 4.85. The van der Waals surface area contributed by atoms with Crippen molar-refractivity contribution in [2.45, 2.75) is 32.1 Å². The molecule has 2 aromatic heterocycles. The van der Waals surface area contributed by atoms with E-state index in [0.717, 1.165) is 31.4 Å². The first kappa shape index (κ1) is 22.2. The largest absolute Gasteiger partial charge is 0.377 e. The number of anilines is 2. The van der Waals surface area contributed by atoms with E-state index in [0.29, 0.717) is 27.2 Å². The van der Waals surface area contributed by atoms with Gasteiger partial charge in [0.2, 0.25) is 5.91 Å². The number of carbonyl (C=O) groups is 3. The Hall–Kier alpha value is -2.97. The van der Waals surface area contributed by atoms with Crippen molar-refractivity contribution in [3.63, 3.8) is 0 Å². The number of hydrogen-bond acceptors (Lipinski definition) is 5. The zero-order chi connectivity index (χ0) is 22.7. The van der Waals surface area contributed by atoms with Gasteiger partial charge in [-0.25, -0.2) is 0 Å². The van der Waals surface area contributed by atoms with Gasteiger partial charge in [-0.05, 0) is 42.5 Å². The number of aromatic nitrogens is 1. The first-order valence-corrected chi connectivity index (χ1v) is 11.7. The Morgan fingerprint density at radius 1 is 1.19 bits per heavy atom. The van der Waals surface area contributed by atoms with Crippen molar-refractivity contribution in [2.75, 3.05) is 31.0 Å². The molecule has 2 heterocycles. The van der Waals surface area contributed by atoms with Crippen molar-refractivity contribution in [2.24, 2.45) is 5.92 Å². The lowest BCUT2D eigenvalue weighted by atomic mass is 9.88. The minimum atomic E-state index is -0.289. The topological polar surface area (TPSA) is 91.5 Å². The Kier molecular flexibility index (Phi) is 6.72. The summed E-state index contributed by atoms with van der Waals surface area (Å²) in [6.45, 7) is -0.101. The van der Waals surface area contributed by atoms with Gasteiger partial charge in [0.1, 0.15) is 12.4 Å². The van der Waals surface area contributed by atoms with E-state index in [-0.39, 0.29) is 30.1 Å². The third kappa shape index (κ3) is 4.47. The molecule has 168 valence electrons. The molecule has 8 heteroatoms. The Bertz CT molecular complexity index is 1130. The number of ether oxygens (including phenoxy) is 1. The normalized spacial score (nSPS) is 14.4. The fourth-order valence-electron chi connectivity index (χ4n) is 4.31. The lowest BCUT2D eigenvalue weighted by molar-refractivity contribution is -0.123. The quantitative estimate of drug-likeness (QED) is 0.500. The number of nitrogens with zero attached hydrogens (tertiary/aromatic N) is 1. The number of Topliss-reactive ketones (excluding diaryl/α,β-unsaturated/α-hetero) is 1. The third-order valence-corrected chi connectivity index (χ3v) is 6.86. The monoisotopic (exact) mass is 453 g/mol. The summed E-state index contributed by atoms with van der Waals surface area (Å²) in [5, 5.41) is 5.32. The van der Waals surface area contributed by atoms with Gasteiger partial charge in [0, 0.05) is 36.7 Å². The zero-order valence-electron chi connectivity index (χ0n) is 18.3. The molecule has 0 atom stereocenters. The van der Waals surface area contributed by atoms with Crippen molar-refractivity contribution in [3.05, 3.63) is 46.2 Å². The highest BCUT2D eigenvalue weighted by molar-refractivity contribution is 7.12. The number of methoxy groups -OCH3 is 1. The van der Waals surface area contributed by atoms with Gasteiger partial charge in [-0.3, -0.25) is 14.4 Å². The molecule has 0 bridgehead atoms. The fourth-order valence-corrected chi connectivity index (χ4v) is 4.93. The van der Waals surface area contributed by atoms with Crippen LogP contribution in [0.2, 0.25) is 0 Å². The standard InChI is InChI=1S/C24H27N3O4S/c1-27(24(30)15-7-4-3-5-8-15)16-10-11-17-18(13-16)25-22(21(17)19(28)14-31-2)26-23(29)20-9-6-12-32-20/h6,9-13,15,25H,3-5,7-8,14H2,1-2H3,(H,26,29). The predicted molar refractivity (Wildman–Crippen MR) is 127 cm³/mol. The summed E-state index contributed by atoms with van der Waals surface area (Å²) in [4.78, 5) is 43.8. The van der Waals surface area contributed by atoms with Crippen LogP contribution in [0.1, 0.15) is 52.1 Å². The van der Waals surface area contributed by atoms with Crippen LogP contribution in [0, 0.1) is 5.92 Å². The van der Waals surface area contributed by atoms with Gasteiger partial charge in [0.15, 0.2) is 5.78 Å². The van der Waals surface area contributed by atoms with Gasteiger partial charge >= 0.3 is 0 Å². The molecule has 0 radical (unpaired) electrons. The van der Waals surface area contributed by atoms with Crippen molar-refractivity contribution >= 4 is 51.3 Å². The fraction of sp³-hybridized carbons (Fsp3) is 0.375. The van der Waals surface area contributed by atoms with Crippen molar-refractivity contribution < 1.29 is 19.1 Å². The Morgan fingerprint density at radius 2 is 1.97 bits per heavy atom. The van der Waals surface area contributed by atoms with E-state index < -0.39 is 0 Å². The summed E-state index contributed by atoms with van der Waals surface area (Å²) < 4.78 is 5.04. The number of thiophene rings is 1. The number of hydrogen-bond donors (Lipinski definition) is 2. The summed E-state index contributed by atoms with van der Waals surface area (Å²) in [6, 6.07) is 9.03. The number of fused-ring (bicyclic) bond motifs is 1. The number of ketones is 1. The first-order chi connectivity index (χ1) is 15.5. The van der Waals surface area contributed by atoms with E-state index in [1.807, 2.05) is 23.6 Å². The number of nitrogens with one attached hydrogen (secondary N) is 2. The van der Waals surface area contributed by atoms with E-state index in [9.17, 15) is 14.4 Å². The molecule has 32 heavy (non-hydrogen) atoms. The molecular weight excluding hydrogens is 426 g/mol. The smallest absolute Gasteiger partial charge is 0.266 e. The lowest BCUT2D eigenvalue weighted by Gasteiger charge is -2.26. The van der Waals surface area contributed by atoms with Crippen LogP contribution in [0.25, 0.3) is 10.9 Å². The molecule has 1 aromatic carbocycles. The van der Waals surface area contributed by atoms with E-state index in [4.69, 9.17) is 4.74 Å². The van der Waals surface area contributed by atoms with Crippen LogP contribution in [-0.2, 0) is 9.53 Å². The van der Waals surface area contributed by atoms with E-state index in [1.54, 1.807) is 24.1 Å². The summed E-state index contributed by atoms with van der Waals surface area (Å²) in [7, 11) is 3.25. The van der Waals surface area contributed by atoms with Crippen molar-refractivity contribution in [1.29, 1.82) is 0 Å². The lowest BCUT2D eigenvalue weighted by Crippen LogP contribution is -2.33. The SMILES string of the molecule is COCC(=O)c1c(NC(=O)c2cccs2)[nH]c2cc(N(C)C(=O)C3CCCCC3)ccc12. The average Bonchev–Trinajstić information content (AvgIpc) is 3.46. The second kappa shape index (κ2) is 9.67. The van der Waals surface area contributed by atoms with Gasteiger partial charge < -0.3 is 19.9 Å². The van der Waals surface area contributed by atoms with Crippen LogP contribution in [0.4, 0.5) is 11.5 Å². The number of rotatable bonds is 7. The molecule has 0 saturated heterocycles. The zero-order valence-corrected chi connectivity index (χ0v) is 19.1. The highest BCUT2D eigenvalue weighted by Crippen LogP contribution is 2.32. The maximum Gasteiger partial charge on any atom is 0.266 e. The Labute approximate surface area is 190 Å². The maximum atomic E-state index is 13.0. The molecule has 1 aliphatic rings. The highest BCUT2D eigenvalue weighted by atomic mass is 32.1. The average molecular weight is 454 g/mol. The minimum absolute atomic E-state index is 0.0626. The van der Waals surface area contributed by atoms with Gasteiger partial charge in [-0.15, -0.1) is 11.3 Å². The summed E-state index contributed by atoms with van der Waals surface area (Å²) >= 11 is 1.32. The van der Waals surface area contributed by atoms with Gasteiger partial charge in [0.05, 0.1) is 10.4 Å². The number of H-pyrrole nitrogens is 1. The van der Waals surface area contributed by atoms with Crippen LogP contribution in [-0.4, -0.2) is 43.3 Å². The molecule has 1 fully saturated rings. The molecule has 2 N–H and O–H groups in total. The van der Waals surface area contributed by atoms with Crippen LogP contribution < -0.4 is 10.2 Å². The molecule has 0 aliphatic heterocycles. The van der Waals surface area contributed by atoms with E-state index >= 15 is 0 Å². The maximum absolute atomic E-state index is 13.0. The van der Waals surface area contributed by atoms with Gasteiger partial charge in [-0.1, -0.05) is 25.3 Å². The second-order valence-electron chi connectivity index (χ2n) is 8.12. The van der Waals surface area contributed by atoms with Crippen LogP contribution in [0.15, 0.2) is 35.7 Å². The first-order valence-electron chi connectivity index (χ1n) is 10.8. The van der Waals surface area contributed by atoms with E-state index in [2.05, 4.69) is 10.3 Å². The summed E-state index contributed by atoms with van der Waals surface area (Å²) in [5.41, 5.74) is 1.79. The number of amides is 2. The molecule has 1 saturated carbocycles. The van der Waals surface area contributed by atoms with Crippen LogP contribution >= 0.6 is 11.3 Å². The van der Waals surface area contributed by atoms with E-state index in [1.165, 1.54) is 24.9 Å². The van der Waals surface area contributed by atoms with Crippen molar-refractivity contribution in [3.8, 4) is 0 Å². The molecule has 3 aromatic rings. The van der Waals surface area contributed by atoms with Gasteiger partial charge in [-0.2, -0.15) is 0 Å². The molecule has 7 nitrogen and oxygen atoms in total. The molecule has 4 rings (SSSR count).